The van der Waals surface area contributed by atoms with Crippen LogP contribution in [-0.4, -0.2) is 32.0 Å². The van der Waals surface area contributed by atoms with E-state index in [4.69, 9.17) is 5.11 Å². The van der Waals surface area contributed by atoms with Crippen molar-refractivity contribution in [1.29, 1.82) is 0 Å². The number of rotatable bonds is 5. The topological polar surface area (TPSA) is 57.8 Å². The van der Waals surface area contributed by atoms with Gasteiger partial charge in [-0.2, -0.15) is 0 Å². The molecule has 0 aliphatic carbocycles. The lowest BCUT2D eigenvalue weighted by Crippen LogP contribution is -2.03. The molecule has 0 radical (unpaired) electrons. The van der Waals surface area contributed by atoms with E-state index in [0.717, 1.165) is 22.1 Å². The highest BCUT2D eigenvalue weighted by Gasteiger charge is 2.12. The van der Waals surface area contributed by atoms with Gasteiger partial charge in [-0.1, -0.05) is 13.0 Å². The van der Waals surface area contributed by atoms with E-state index in [1.165, 1.54) is 0 Å². The van der Waals surface area contributed by atoms with Gasteiger partial charge >= 0.3 is 0 Å². The molecule has 0 spiro atoms. The summed E-state index contributed by atoms with van der Waals surface area (Å²) < 4.78 is 1.89. The van der Waals surface area contributed by atoms with E-state index < -0.39 is 0 Å². The Kier molecular flexibility index (Phi) is 4.04. The van der Waals surface area contributed by atoms with Crippen molar-refractivity contribution >= 4 is 17.4 Å². The molecule has 0 aromatic carbocycles. The molecule has 1 atom stereocenters. The molecule has 2 N–H and O–H groups in total. The fraction of sp³-hybridized carbons (Fsp3) is 0.417. The average Bonchev–Trinajstić information content (AvgIpc) is 2.73. The van der Waals surface area contributed by atoms with Gasteiger partial charge < -0.3 is 14.6 Å². The molecule has 0 aliphatic rings. The first kappa shape index (κ1) is 12.4. The summed E-state index contributed by atoms with van der Waals surface area (Å²) in [6, 6.07) is 5.76. The van der Waals surface area contributed by atoms with Crippen LogP contribution in [0.3, 0.4) is 0 Å². The van der Waals surface area contributed by atoms with Crippen LogP contribution in [0.2, 0.25) is 0 Å². The zero-order valence-electron chi connectivity index (χ0n) is 9.71. The smallest absolute Gasteiger partial charge is 0.138 e. The van der Waals surface area contributed by atoms with E-state index in [0.29, 0.717) is 0 Å². The Morgan fingerprint density at radius 2 is 2.24 bits per heavy atom. The Hall–Kier alpha value is -1.04. The van der Waals surface area contributed by atoms with Crippen molar-refractivity contribution in [3.05, 3.63) is 30.1 Å². The van der Waals surface area contributed by atoms with Gasteiger partial charge in [-0.15, -0.1) is 11.8 Å². The third-order valence-electron chi connectivity index (χ3n) is 2.56. The quantitative estimate of drug-likeness (QED) is 0.793. The molecule has 0 bridgehead atoms. The summed E-state index contributed by atoms with van der Waals surface area (Å²) in [6.07, 6.45) is 1.90. The first-order valence-electron chi connectivity index (χ1n) is 5.56. The molecular weight excluding hydrogens is 236 g/mol. The number of fused-ring (bicyclic) bond motifs is 1. The lowest BCUT2D eigenvalue weighted by Gasteiger charge is -2.06. The molecule has 17 heavy (non-hydrogen) atoms. The number of aliphatic hydroxyl groups excluding tert-OH is 2. The number of aromatic nitrogens is 2. The van der Waals surface area contributed by atoms with Crippen LogP contribution in [-0.2, 0) is 6.61 Å². The zero-order valence-corrected chi connectivity index (χ0v) is 10.5. The molecule has 2 aromatic heterocycles. The van der Waals surface area contributed by atoms with Crippen LogP contribution in [0, 0.1) is 5.92 Å². The van der Waals surface area contributed by atoms with Crippen molar-refractivity contribution < 1.29 is 10.2 Å². The Labute approximate surface area is 104 Å². The largest absolute Gasteiger partial charge is 0.396 e. The van der Waals surface area contributed by atoms with Gasteiger partial charge in [0.1, 0.15) is 10.7 Å². The van der Waals surface area contributed by atoms with E-state index in [1.807, 2.05) is 35.7 Å². The van der Waals surface area contributed by atoms with Crippen molar-refractivity contribution in [3.63, 3.8) is 0 Å². The first-order valence-corrected chi connectivity index (χ1v) is 6.55. The molecule has 1 unspecified atom stereocenters. The fourth-order valence-electron chi connectivity index (χ4n) is 1.56. The predicted molar refractivity (Wildman–Crippen MR) is 68.1 cm³/mol. The normalized spacial score (nSPS) is 13.1. The fourth-order valence-corrected chi connectivity index (χ4v) is 2.59. The molecule has 2 rings (SSSR count). The summed E-state index contributed by atoms with van der Waals surface area (Å²) in [5, 5.41) is 19.2. The minimum absolute atomic E-state index is 0.0268. The molecule has 0 saturated carbocycles. The molecule has 92 valence electrons. The highest BCUT2D eigenvalue weighted by atomic mass is 32.2. The summed E-state index contributed by atoms with van der Waals surface area (Å²) >= 11 is 1.58. The number of pyridine rings is 1. The van der Waals surface area contributed by atoms with Gasteiger partial charge in [-0.05, 0) is 18.1 Å². The number of hydrogen-bond acceptors (Lipinski definition) is 4. The van der Waals surface area contributed by atoms with Crippen molar-refractivity contribution in [3.8, 4) is 0 Å². The van der Waals surface area contributed by atoms with Crippen molar-refractivity contribution in [2.45, 2.75) is 18.6 Å². The highest BCUT2D eigenvalue weighted by molar-refractivity contribution is 7.99. The average molecular weight is 252 g/mol. The Morgan fingerprint density at radius 3 is 2.94 bits per heavy atom. The van der Waals surface area contributed by atoms with Crippen LogP contribution in [0.25, 0.3) is 5.65 Å². The molecule has 5 heteroatoms. The van der Waals surface area contributed by atoms with E-state index in [2.05, 4.69) is 4.98 Å². The third kappa shape index (κ3) is 2.62. The number of thioether (sulfide) groups is 1. The number of nitrogens with zero attached hydrogens (tertiary/aromatic N) is 2. The van der Waals surface area contributed by atoms with Crippen molar-refractivity contribution in [2.75, 3.05) is 12.4 Å². The minimum atomic E-state index is -0.0268. The summed E-state index contributed by atoms with van der Waals surface area (Å²) in [5.74, 6) is 1.03. The third-order valence-corrected chi connectivity index (χ3v) is 3.89. The minimum Gasteiger partial charge on any atom is -0.396 e. The SMILES string of the molecule is CC(CO)CSc1nc2ccccn2c1CO. The van der Waals surface area contributed by atoms with Crippen molar-refractivity contribution in [2.24, 2.45) is 5.92 Å². The number of aliphatic hydroxyl groups is 2. The lowest BCUT2D eigenvalue weighted by atomic mass is 10.2. The standard InChI is InChI=1S/C12H16N2O2S/c1-9(6-15)8-17-12-10(7-16)14-5-3-2-4-11(14)13-12/h2-5,9,15-16H,6-8H2,1H3. The molecule has 0 saturated heterocycles. The van der Waals surface area contributed by atoms with Crippen LogP contribution < -0.4 is 0 Å². The molecule has 0 amide bonds. The Morgan fingerprint density at radius 1 is 1.41 bits per heavy atom. The molecule has 0 fully saturated rings. The monoisotopic (exact) mass is 252 g/mol. The number of hydrogen-bond donors (Lipinski definition) is 2. The van der Waals surface area contributed by atoms with Gasteiger partial charge in [0.15, 0.2) is 0 Å². The van der Waals surface area contributed by atoms with Crippen LogP contribution in [0.15, 0.2) is 29.4 Å². The van der Waals surface area contributed by atoms with Gasteiger partial charge in [-0.25, -0.2) is 4.98 Å². The van der Waals surface area contributed by atoms with Gasteiger partial charge in [-0.3, -0.25) is 0 Å². The lowest BCUT2D eigenvalue weighted by molar-refractivity contribution is 0.250. The highest BCUT2D eigenvalue weighted by Crippen LogP contribution is 2.25. The Bertz CT molecular complexity index is 498. The summed E-state index contributed by atoms with van der Waals surface area (Å²) in [5.41, 5.74) is 1.66. The van der Waals surface area contributed by atoms with E-state index in [1.54, 1.807) is 11.8 Å². The van der Waals surface area contributed by atoms with Gasteiger partial charge in [0.25, 0.3) is 0 Å². The van der Waals surface area contributed by atoms with Crippen LogP contribution >= 0.6 is 11.8 Å². The van der Waals surface area contributed by atoms with E-state index in [9.17, 15) is 5.11 Å². The maximum Gasteiger partial charge on any atom is 0.138 e. The van der Waals surface area contributed by atoms with Gasteiger partial charge in [0.05, 0.1) is 12.3 Å². The van der Waals surface area contributed by atoms with Gasteiger partial charge in [0, 0.05) is 18.6 Å². The van der Waals surface area contributed by atoms with Crippen LogP contribution in [0.5, 0.6) is 0 Å². The zero-order chi connectivity index (χ0) is 12.3. The summed E-state index contributed by atoms with van der Waals surface area (Å²) in [7, 11) is 0. The Balaban J connectivity index is 2.27. The van der Waals surface area contributed by atoms with Crippen LogP contribution in [0.1, 0.15) is 12.6 Å². The summed E-state index contributed by atoms with van der Waals surface area (Å²) in [4.78, 5) is 4.47. The van der Waals surface area contributed by atoms with Crippen LogP contribution in [0.4, 0.5) is 0 Å². The second kappa shape index (κ2) is 5.53. The molecule has 2 aromatic rings. The van der Waals surface area contributed by atoms with Gasteiger partial charge in [0.2, 0.25) is 0 Å². The van der Waals surface area contributed by atoms with Crippen molar-refractivity contribution in [1.82, 2.24) is 9.38 Å². The second-order valence-electron chi connectivity index (χ2n) is 4.05. The maximum atomic E-state index is 9.40. The molecular formula is C12H16N2O2S. The molecule has 4 nitrogen and oxygen atoms in total. The summed E-state index contributed by atoms with van der Waals surface area (Å²) in [6.45, 7) is 2.14. The first-order chi connectivity index (χ1) is 8.26. The van der Waals surface area contributed by atoms with E-state index >= 15 is 0 Å². The predicted octanol–water partition coefficient (Wildman–Crippen LogP) is 1.55. The molecule has 2 heterocycles. The second-order valence-corrected chi connectivity index (χ2v) is 5.06. The maximum absolute atomic E-state index is 9.40. The van der Waals surface area contributed by atoms with E-state index in [-0.39, 0.29) is 19.1 Å². The molecule has 0 aliphatic heterocycles. The number of imidazole rings is 1.